The number of ether oxygens (including phenoxy) is 2. The molecule has 0 bridgehead atoms. The average Bonchev–Trinajstić information content (AvgIpc) is 2.73. The lowest BCUT2D eigenvalue weighted by molar-refractivity contribution is -0.115. The van der Waals surface area contributed by atoms with Crippen molar-refractivity contribution in [2.45, 2.75) is 25.4 Å². The number of carbonyl (C=O) groups excluding carboxylic acids is 1. The largest absolute Gasteiger partial charge is 0.458 e. The molecule has 4 rings (SSSR count). The first kappa shape index (κ1) is 17.5. The third kappa shape index (κ3) is 4.46. The molecule has 1 atom stereocenters. The van der Waals surface area contributed by atoms with Gasteiger partial charge < -0.3 is 14.4 Å². The molecule has 3 heterocycles. The fourth-order valence-corrected chi connectivity index (χ4v) is 3.10. The molecular weight excluding hydrogens is 346 g/mol. The zero-order valence-corrected chi connectivity index (χ0v) is 15.0. The van der Waals surface area contributed by atoms with E-state index in [1.54, 1.807) is 18.5 Å². The van der Waals surface area contributed by atoms with Crippen LogP contribution >= 0.6 is 0 Å². The summed E-state index contributed by atoms with van der Waals surface area (Å²) in [7, 11) is 0. The third-order valence-electron chi connectivity index (χ3n) is 4.54. The van der Waals surface area contributed by atoms with Crippen LogP contribution in [0.1, 0.15) is 30.1 Å². The van der Waals surface area contributed by atoms with Crippen molar-refractivity contribution in [3.8, 4) is 6.01 Å². The molecule has 2 aliphatic rings. The maximum atomic E-state index is 11.8. The van der Waals surface area contributed by atoms with E-state index < -0.39 is 0 Å². The van der Waals surface area contributed by atoms with Gasteiger partial charge in [0, 0.05) is 43.4 Å². The second kappa shape index (κ2) is 8.22. The van der Waals surface area contributed by atoms with E-state index in [2.05, 4.69) is 24.8 Å². The first-order chi connectivity index (χ1) is 13.3. The molecule has 0 amide bonds. The van der Waals surface area contributed by atoms with E-state index in [-0.39, 0.29) is 17.7 Å². The van der Waals surface area contributed by atoms with Crippen LogP contribution in [-0.2, 0) is 16.1 Å². The highest BCUT2D eigenvalue weighted by Crippen LogP contribution is 2.27. The summed E-state index contributed by atoms with van der Waals surface area (Å²) in [6, 6.07) is 4.06. The Morgan fingerprint density at radius 3 is 2.89 bits per heavy atom. The highest BCUT2D eigenvalue weighted by Gasteiger charge is 2.24. The van der Waals surface area contributed by atoms with Gasteiger partial charge in [-0.15, -0.1) is 0 Å². The molecule has 8 nitrogen and oxygen atoms in total. The summed E-state index contributed by atoms with van der Waals surface area (Å²) in [5.41, 5.74) is 0.933. The van der Waals surface area contributed by atoms with E-state index in [4.69, 9.17) is 9.47 Å². The zero-order chi connectivity index (χ0) is 18.5. The lowest BCUT2D eigenvalue weighted by Crippen LogP contribution is -2.37. The first-order valence-electron chi connectivity index (χ1n) is 9.07. The topological polar surface area (TPSA) is 90.3 Å². The fourth-order valence-electron chi connectivity index (χ4n) is 3.10. The summed E-state index contributed by atoms with van der Waals surface area (Å²) in [4.78, 5) is 31.6. The van der Waals surface area contributed by atoms with Crippen LogP contribution in [0.5, 0.6) is 6.01 Å². The maximum absolute atomic E-state index is 11.8. The number of hydrogen-bond donors (Lipinski definition) is 0. The summed E-state index contributed by atoms with van der Waals surface area (Å²) in [6.45, 7) is 3.03. The Hall–Kier alpha value is -2.87. The Labute approximate surface area is 157 Å². The van der Waals surface area contributed by atoms with Crippen LogP contribution in [0.2, 0.25) is 0 Å². The van der Waals surface area contributed by atoms with Gasteiger partial charge in [0.2, 0.25) is 5.95 Å². The molecule has 27 heavy (non-hydrogen) atoms. The van der Waals surface area contributed by atoms with Gasteiger partial charge in [0.15, 0.2) is 5.78 Å². The van der Waals surface area contributed by atoms with Crippen molar-refractivity contribution in [2.75, 3.05) is 31.2 Å². The highest BCUT2D eigenvalue weighted by atomic mass is 16.5. The molecular formula is C19H21N5O3. The highest BCUT2D eigenvalue weighted by molar-refractivity contribution is 5.91. The molecule has 0 N–H and O–H groups in total. The summed E-state index contributed by atoms with van der Waals surface area (Å²) < 4.78 is 11.2. The number of ketones is 1. The van der Waals surface area contributed by atoms with Gasteiger partial charge in [-0.1, -0.05) is 12.1 Å². The van der Waals surface area contributed by atoms with Gasteiger partial charge in [-0.25, -0.2) is 0 Å². The SMILES string of the molecule is O=C1C=CCC(c2nc(OCc3cccnc3)nc(N3CCOCC3)n2)C1. The average molecular weight is 367 g/mol. The number of carbonyl (C=O) groups is 1. The smallest absolute Gasteiger partial charge is 0.321 e. The Bertz CT molecular complexity index is 821. The molecule has 140 valence electrons. The molecule has 0 radical (unpaired) electrons. The predicted octanol–water partition coefficient (Wildman–Crippen LogP) is 1.68. The minimum atomic E-state index is -0.0500. The van der Waals surface area contributed by atoms with Crippen molar-refractivity contribution in [1.82, 2.24) is 19.9 Å². The maximum Gasteiger partial charge on any atom is 0.321 e. The van der Waals surface area contributed by atoms with Gasteiger partial charge >= 0.3 is 6.01 Å². The summed E-state index contributed by atoms with van der Waals surface area (Å²) >= 11 is 0. The number of rotatable bonds is 5. The minimum absolute atomic E-state index is 0.0500. The molecule has 0 saturated carbocycles. The molecule has 0 aromatic carbocycles. The standard InChI is InChI=1S/C19H21N5O3/c25-16-5-1-4-15(11-16)17-21-18(24-7-9-26-10-8-24)23-19(22-17)27-13-14-3-2-6-20-12-14/h1-3,5-6,12,15H,4,7-11,13H2. The summed E-state index contributed by atoms with van der Waals surface area (Å²) in [6.07, 6.45) is 8.11. The van der Waals surface area contributed by atoms with Crippen molar-refractivity contribution in [3.63, 3.8) is 0 Å². The summed E-state index contributed by atoms with van der Waals surface area (Å²) in [5, 5.41) is 0. The van der Waals surface area contributed by atoms with Crippen LogP contribution in [0.4, 0.5) is 5.95 Å². The van der Waals surface area contributed by atoms with Gasteiger partial charge in [-0.2, -0.15) is 15.0 Å². The number of anilines is 1. The third-order valence-corrected chi connectivity index (χ3v) is 4.54. The van der Waals surface area contributed by atoms with E-state index in [0.29, 0.717) is 38.0 Å². The van der Waals surface area contributed by atoms with E-state index in [9.17, 15) is 4.79 Å². The number of pyridine rings is 1. The Kier molecular flexibility index (Phi) is 5.34. The number of morpholine rings is 1. The van der Waals surface area contributed by atoms with Gasteiger partial charge in [0.1, 0.15) is 12.4 Å². The quantitative estimate of drug-likeness (QED) is 0.788. The second-order valence-electron chi connectivity index (χ2n) is 6.53. The van der Waals surface area contributed by atoms with Gasteiger partial charge in [-0.05, 0) is 18.6 Å². The van der Waals surface area contributed by atoms with E-state index in [1.807, 2.05) is 18.2 Å². The van der Waals surface area contributed by atoms with Crippen LogP contribution in [0.15, 0.2) is 36.7 Å². The first-order valence-corrected chi connectivity index (χ1v) is 9.07. The number of allylic oxidation sites excluding steroid dienone is 2. The van der Waals surface area contributed by atoms with Crippen molar-refractivity contribution < 1.29 is 14.3 Å². The van der Waals surface area contributed by atoms with Crippen molar-refractivity contribution >= 4 is 11.7 Å². The molecule has 2 aromatic heterocycles. The minimum Gasteiger partial charge on any atom is -0.458 e. The van der Waals surface area contributed by atoms with Crippen LogP contribution in [0.25, 0.3) is 0 Å². The van der Waals surface area contributed by atoms with Crippen LogP contribution < -0.4 is 9.64 Å². The molecule has 1 saturated heterocycles. The predicted molar refractivity (Wildman–Crippen MR) is 97.6 cm³/mol. The second-order valence-corrected chi connectivity index (χ2v) is 6.53. The number of nitrogens with zero attached hydrogens (tertiary/aromatic N) is 5. The molecule has 8 heteroatoms. The Balaban J connectivity index is 1.59. The van der Waals surface area contributed by atoms with Gasteiger partial charge in [-0.3, -0.25) is 9.78 Å². The summed E-state index contributed by atoms with van der Waals surface area (Å²) in [5.74, 6) is 1.22. The normalized spacial score (nSPS) is 19.9. The van der Waals surface area contributed by atoms with Crippen LogP contribution in [0.3, 0.4) is 0 Å². The van der Waals surface area contributed by atoms with E-state index in [0.717, 1.165) is 25.1 Å². The molecule has 1 fully saturated rings. The lowest BCUT2D eigenvalue weighted by atomic mass is 9.93. The zero-order valence-electron chi connectivity index (χ0n) is 15.0. The monoisotopic (exact) mass is 367 g/mol. The van der Waals surface area contributed by atoms with Crippen molar-refractivity contribution in [2.24, 2.45) is 0 Å². The van der Waals surface area contributed by atoms with Gasteiger partial charge in [0.25, 0.3) is 0 Å². The number of hydrogen-bond acceptors (Lipinski definition) is 8. The van der Waals surface area contributed by atoms with E-state index >= 15 is 0 Å². The lowest BCUT2D eigenvalue weighted by Gasteiger charge is -2.27. The molecule has 2 aromatic rings. The van der Waals surface area contributed by atoms with E-state index in [1.165, 1.54) is 0 Å². The Morgan fingerprint density at radius 1 is 1.22 bits per heavy atom. The van der Waals surface area contributed by atoms with Gasteiger partial charge in [0.05, 0.1) is 13.2 Å². The molecule has 1 aliphatic heterocycles. The molecule has 0 spiro atoms. The van der Waals surface area contributed by atoms with Crippen molar-refractivity contribution in [3.05, 3.63) is 48.1 Å². The van der Waals surface area contributed by atoms with Crippen LogP contribution in [0, 0.1) is 0 Å². The fraction of sp³-hybridized carbons (Fsp3) is 0.421. The van der Waals surface area contributed by atoms with Crippen LogP contribution in [-0.4, -0.2) is 52.0 Å². The molecule has 1 aliphatic carbocycles. The molecule has 1 unspecified atom stereocenters. The number of aromatic nitrogens is 4. The Morgan fingerprint density at radius 2 is 2.11 bits per heavy atom. The van der Waals surface area contributed by atoms with Crippen molar-refractivity contribution in [1.29, 1.82) is 0 Å².